The molecule has 2 amide bonds. The van der Waals surface area contributed by atoms with Gasteiger partial charge in [0.25, 0.3) is 11.8 Å². The van der Waals surface area contributed by atoms with Crippen molar-refractivity contribution in [3.05, 3.63) is 12.2 Å². The number of hydrogen-bond donors (Lipinski definition) is 2. The van der Waals surface area contributed by atoms with E-state index < -0.39 is 24.1 Å². The normalized spacial score (nSPS) is 20.8. The number of ether oxygens (including phenoxy) is 6. The summed E-state index contributed by atoms with van der Waals surface area (Å²) in [7, 11) is 0. The summed E-state index contributed by atoms with van der Waals surface area (Å²) in [6.07, 6.45) is 1.54. The van der Waals surface area contributed by atoms with E-state index in [0.717, 1.165) is 12.2 Å². The van der Waals surface area contributed by atoms with E-state index in [2.05, 4.69) is 10.6 Å². The van der Waals surface area contributed by atoms with Crippen LogP contribution in [0, 0.1) is 0 Å². The summed E-state index contributed by atoms with van der Waals surface area (Å²) in [5.41, 5.74) is 0. The number of hydrogen-bond acceptors (Lipinski definition) is 10. The highest BCUT2D eigenvalue weighted by molar-refractivity contribution is 5.91. The molecule has 0 radical (unpaired) electrons. The van der Waals surface area contributed by atoms with Crippen molar-refractivity contribution in [3.63, 3.8) is 0 Å². The number of rotatable bonds is 12. The van der Waals surface area contributed by atoms with Crippen LogP contribution in [0.5, 0.6) is 0 Å². The molecule has 168 valence electrons. The monoisotopic (exact) mass is 430 g/mol. The van der Waals surface area contributed by atoms with Gasteiger partial charge >= 0.3 is 11.9 Å². The van der Waals surface area contributed by atoms with E-state index in [4.69, 9.17) is 28.4 Å². The van der Waals surface area contributed by atoms with Crippen molar-refractivity contribution in [3.8, 4) is 0 Å². The molecule has 0 aliphatic carbocycles. The second-order valence-electron chi connectivity index (χ2n) is 6.25. The Labute approximate surface area is 173 Å². The summed E-state index contributed by atoms with van der Waals surface area (Å²) in [6, 6.07) is 0. The SMILES string of the molecule is O=C(/C=C/C(=O)OCCCNC(=O)[C@H]1COCO1)OCCCNC(=O)[C@H]1COCO1. The fourth-order valence-corrected chi connectivity index (χ4v) is 2.34. The molecule has 0 bridgehead atoms. The first-order valence-electron chi connectivity index (χ1n) is 9.52. The van der Waals surface area contributed by atoms with Gasteiger partial charge in [-0.1, -0.05) is 0 Å². The molecule has 2 heterocycles. The Morgan fingerprint density at radius 1 is 0.767 bits per heavy atom. The quantitative estimate of drug-likeness (QED) is 0.210. The molecule has 12 heteroatoms. The van der Waals surface area contributed by atoms with Crippen LogP contribution in [0.1, 0.15) is 12.8 Å². The molecule has 0 unspecified atom stereocenters. The van der Waals surface area contributed by atoms with Gasteiger partial charge < -0.3 is 39.1 Å². The lowest BCUT2D eigenvalue weighted by atomic mass is 10.3. The van der Waals surface area contributed by atoms with Gasteiger partial charge in [-0.2, -0.15) is 0 Å². The van der Waals surface area contributed by atoms with Gasteiger partial charge in [0.05, 0.1) is 26.4 Å². The molecule has 2 aliphatic heterocycles. The van der Waals surface area contributed by atoms with Gasteiger partial charge in [-0.05, 0) is 12.8 Å². The number of nitrogens with one attached hydrogen (secondary N) is 2. The Morgan fingerprint density at radius 3 is 1.57 bits per heavy atom. The predicted molar refractivity (Wildman–Crippen MR) is 97.7 cm³/mol. The molecule has 0 spiro atoms. The molecule has 12 nitrogen and oxygen atoms in total. The summed E-state index contributed by atoms with van der Waals surface area (Å²) in [5.74, 6) is -1.95. The van der Waals surface area contributed by atoms with E-state index in [1.807, 2.05) is 0 Å². The van der Waals surface area contributed by atoms with Crippen molar-refractivity contribution in [2.45, 2.75) is 25.0 Å². The minimum absolute atomic E-state index is 0.0793. The van der Waals surface area contributed by atoms with Crippen LogP contribution >= 0.6 is 0 Å². The number of carbonyl (C=O) groups is 4. The fourth-order valence-electron chi connectivity index (χ4n) is 2.34. The van der Waals surface area contributed by atoms with Crippen LogP contribution in [-0.4, -0.2) is 89.1 Å². The zero-order chi connectivity index (χ0) is 21.6. The maximum atomic E-state index is 11.6. The molecule has 0 aromatic carbocycles. The number of esters is 2. The van der Waals surface area contributed by atoms with Gasteiger partial charge in [0, 0.05) is 25.2 Å². The molecule has 2 saturated heterocycles. The highest BCUT2D eigenvalue weighted by Gasteiger charge is 2.24. The van der Waals surface area contributed by atoms with Crippen molar-refractivity contribution in [1.82, 2.24) is 10.6 Å². The summed E-state index contributed by atoms with van der Waals surface area (Å²) in [4.78, 5) is 46.3. The van der Waals surface area contributed by atoms with Crippen molar-refractivity contribution in [2.24, 2.45) is 0 Å². The van der Waals surface area contributed by atoms with Crippen LogP contribution in [0.15, 0.2) is 12.2 Å². The Kier molecular flexibility index (Phi) is 10.8. The Bertz CT molecular complexity index is 560. The van der Waals surface area contributed by atoms with Gasteiger partial charge in [-0.15, -0.1) is 0 Å². The molecular formula is C18H26N2O10. The van der Waals surface area contributed by atoms with Gasteiger partial charge in [-0.3, -0.25) is 9.59 Å². The van der Waals surface area contributed by atoms with Crippen molar-refractivity contribution in [2.75, 3.05) is 53.1 Å². The average Bonchev–Trinajstić information content (AvgIpc) is 3.45. The molecular weight excluding hydrogens is 404 g/mol. The maximum Gasteiger partial charge on any atom is 0.331 e. The lowest BCUT2D eigenvalue weighted by Crippen LogP contribution is -2.36. The lowest BCUT2D eigenvalue weighted by Gasteiger charge is -2.09. The zero-order valence-corrected chi connectivity index (χ0v) is 16.5. The van der Waals surface area contributed by atoms with Gasteiger partial charge in [-0.25, -0.2) is 9.59 Å². The third-order valence-electron chi connectivity index (χ3n) is 3.91. The van der Waals surface area contributed by atoms with E-state index in [0.29, 0.717) is 25.9 Å². The van der Waals surface area contributed by atoms with E-state index in [1.54, 1.807) is 0 Å². The standard InChI is InChI=1S/C18H26N2O10/c21-15(27-7-1-5-19-17(23)13-9-25-11-29-13)3-4-16(22)28-8-2-6-20-18(24)14-10-26-12-30-14/h3-4,13-14H,1-2,5-12H2,(H,19,23)(H,20,24)/b4-3+/t13-,14-/m1/s1. The van der Waals surface area contributed by atoms with E-state index >= 15 is 0 Å². The minimum Gasteiger partial charge on any atom is -0.462 e. The molecule has 0 saturated carbocycles. The van der Waals surface area contributed by atoms with E-state index in [9.17, 15) is 19.2 Å². The highest BCUT2D eigenvalue weighted by atomic mass is 16.7. The van der Waals surface area contributed by atoms with Crippen LogP contribution in [0.4, 0.5) is 0 Å². The first-order chi connectivity index (χ1) is 14.6. The molecule has 2 N–H and O–H groups in total. The second kappa shape index (κ2) is 13.6. The van der Waals surface area contributed by atoms with Gasteiger partial charge in [0.1, 0.15) is 13.6 Å². The molecule has 2 aliphatic rings. The minimum atomic E-state index is -0.697. The zero-order valence-electron chi connectivity index (χ0n) is 16.5. The Hall–Kier alpha value is -2.54. The van der Waals surface area contributed by atoms with Crippen LogP contribution < -0.4 is 10.6 Å². The van der Waals surface area contributed by atoms with Crippen LogP contribution in [0.2, 0.25) is 0 Å². The first-order valence-corrected chi connectivity index (χ1v) is 9.52. The third kappa shape index (κ3) is 9.31. The van der Waals surface area contributed by atoms with Crippen molar-refractivity contribution >= 4 is 23.8 Å². The predicted octanol–water partition coefficient (Wildman–Crippen LogP) is -1.61. The third-order valence-corrected chi connectivity index (χ3v) is 3.91. The molecule has 2 fully saturated rings. The first kappa shape index (κ1) is 23.7. The van der Waals surface area contributed by atoms with Gasteiger partial charge in [0.15, 0.2) is 12.2 Å². The van der Waals surface area contributed by atoms with Crippen LogP contribution in [-0.2, 0) is 47.6 Å². The molecule has 2 rings (SSSR count). The summed E-state index contributed by atoms with van der Waals surface area (Å²) in [6.45, 7) is 1.44. The summed E-state index contributed by atoms with van der Waals surface area (Å²) < 4.78 is 29.7. The van der Waals surface area contributed by atoms with Crippen LogP contribution in [0.25, 0.3) is 0 Å². The summed E-state index contributed by atoms with van der Waals surface area (Å²) >= 11 is 0. The molecule has 0 aromatic rings. The Morgan fingerprint density at radius 2 is 1.20 bits per heavy atom. The number of carbonyl (C=O) groups excluding carboxylic acids is 4. The smallest absolute Gasteiger partial charge is 0.331 e. The van der Waals surface area contributed by atoms with Crippen molar-refractivity contribution in [1.29, 1.82) is 0 Å². The second-order valence-corrected chi connectivity index (χ2v) is 6.25. The van der Waals surface area contributed by atoms with E-state index in [1.165, 1.54) is 0 Å². The molecule has 30 heavy (non-hydrogen) atoms. The fraction of sp³-hybridized carbons (Fsp3) is 0.667. The maximum absolute atomic E-state index is 11.6. The van der Waals surface area contributed by atoms with Gasteiger partial charge in [0.2, 0.25) is 0 Å². The highest BCUT2D eigenvalue weighted by Crippen LogP contribution is 2.03. The lowest BCUT2D eigenvalue weighted by molar-refractivity contribution is -0.140. The Balaban J connectivity index is 1.43. The number of amides is 2. The van der Waals surface area contributed by atoms with E-state index in [-0.39, 0.29) is 51.8 Å². The largest absolute Gasteiger partial charge is 0.462 e. The van der Waals surface area contributed by atoms with Crippen LogP contribution in [0.3, 0.4) is 0 Å². The summed E-state index contributed by atoms with van der Waals surface area (Å²) in [5, 5.41) is 5.28. The molecule has 0 aromatic heterocycles. The topological polar surface area (TPSA) is 148 Å². The van der Waals surface area contributed by atoms with Crippen molar-refractivity contribution < 1.29 is 47.6 Å². The molecule has 2 atom stereocenters. The average molecular weight is 430 g/mol.